The van der Waals surface area contributed by atoms with Gasteiger partial charge in [0.05, 0.1) is 17.8 Å². The van der Waals surface area contributed by atoms with Crippen molar-refractivity contribution in [3.05, 3.63) is 87.5 Å². The number of nitrogens with two attached hydrogens (primary N) is 2. The Balaban J connectivity index is 1.64. The van der Waals surface area contributed by atoms with Crippen LogP contribution in [-0.4, -0.2) is 68.7 Å². The van der Waals surface area contributed by atoms with Crippen LogP contribution < -0.4 is 20.9 Å². The van der Waals surface area contributed by atoms with E-state index in [2.05, 4.69) is 0 Å². The van der Waals surface area contributed by atoms with Crippen molar-refractivity contribution >= 4 is 17.5 Å². The maximum Gasteiger partial charge on any atom is 0.308 e. The van der Waals surface area contributed by atoms with Gasteiger partial charge in [-0.1, -0.05) is 24.3 Å². The zero-order valence-electron chi connectivity index (χ0n) is 22.7. The molecular weight excluding hydrogens is 548 g/mol. The normalized spacial score (nSPS) is 23.4. The van der Waals surface area contributed by atoms with Crippen LogP contribution >= 0.6 is 0 Å². The first-order valence-electron chi connectivity index (χ1n) is 13.1. The number of ether oxygens (including phenoxy) is 3. The number of phenolic OH excluding ortho intramolecular Hbond substituents is 1. The Morgan fingerprint density at radius 1 is 0.952 bits per heavy atom. The van der Waals surface area contributed by atoms with Crippen LogP contribution in [0.2, 0.25) is 0 Å². The van der Waals surface area contributed by atoms with Gasteiger partial charge < -0.3 is 46.1 Å². The number of benzene rings is 3. The summed E-state index contributed by atoms with van der Waals surface area (Å²) in [5.74, 6) is -2.49. The van der Waals surface area contributed by atoms with Crippen LogP contribution in [0.25, 0.3) is 0 Å². The smallest absolute Gasteiger partial charge is 0.308 e. The van der Waals surface area contributed by atoms with E-state index in [1.54, 1.807) is 24.3 Å². The number of hydrogen-bond acceptors (Lipinski definition) is 12. The second-order valence-corrected chi connectivity index (χ2v) is 10.3. The number of ketones is 2. The van der Waals surface area contributed by atoms with Gasteiger partial charge in [-0.2, -0.15) is 0 Å². The van der Waals surface area contributed by atoms with Gasteiger partial charge in [0.25, 0.3) is 0 Å². The standard InChI is InChI=1S/C30H30N2O10/c1-12-23(34)27(38)28(39)30(40-12)42-21-11-20-22(26(37)19(21)9-14-4-3-5-15(8-14)29(31)32)25(36)17-7-6-16(41-13(2)33)10-18(17)24(20)35/h3-8,10-12,23,27-30,34,37-39H,9,31-32H2,1-2H3/t12-,23-,27-,28-,30-/m1/s1. The van der Waals surface area contributed by atoms with Crippen LogP contribution in [0.5, 0.6) is 17.2 Å². The lowest BCUT2D eigenvalue weighted by molar-refractivity contribution is -0.268. The summed E-state index contributed by atoms with van der Waals surface area (Å²) in [7, 11) is 0. The predicted octanol–water partition coefficient (Wildman–Crippen LogP) is 0.806. The fraction of sp³-hybridized carbons (Fsp3) is 0.300. The van der Waals surface area contributed by atoms with E-state index in [0.717, 1.165) is 0 Å². The van der Waals surface area contributed by atoms with E-state index >= 15 is 0 Å². The van der Waals surface area contributed by atoms with Crippen molar-refractivity contribution < 1.29 is 49.0 Å². The van der Waals surface area contributed by atoms with Crippen LogP contribution in [0.15, 0.2) is 48.5 Å². The number of carbonyl (C=O) groups excluding carboxylic acids is 3. The minimum absolute atomic E-state index is 0.00592. The molecular formula is C30H30N2O10. The molecule has 1 aliphatic carbocycles. The summed E-state index contributed by atoms with van der Waals surface area (Å²) in [5, 5.41) is 42.5. The van der Waals surface area contributed by atoms with Crippen molar-refractivity contribution in [3.8, 4) is 17.2 Å². The van der Waals surface area contributed by atoms with Gasteiger partial charge in [0.1, 0.15) is 35.6 Å². The van der Waals surface area contributed by atoms with Crippen molar-refractivity contribution in [2.24, 2.45) is 11.5 Å². The average molecular weight is 579 g/mol. The monoisotopic (exact) mass is 578 g/mol. The summed E-state index contributed by atoms with van der Waals surface area (Å²) in [6.45, 7) is 2.67. The Kier molecular flexibility index (Phi) is 7.86. The Morgan fingerprint density at radius 2 is 1.69 bits per heavy atom. The zero-order chi connectivity index (χ0) is 30.5. The molecule has 0 spiro atoms. The van der Waals surface area contributed by atoms with Gasteiger partial charge in [0, 0.05) is 35.6 Å². The first-order valence-corrected chi connectivity index (χ1v) is 13.1. The fourth-order valence-corrected chi connectivity index (χ4v) is 5.14. The molecule has 1 saturated heterocycles. The van der Waals surface area contributed by atoms with Gasteiger partial charge in [0.15, 0.2) is 11.6 Å². The number of aromatic hydroxyl groups is 1. The van der Waals surface area contributed by atoms with E-state index < -0.39 is 60.2 Å². The SMILES string of the molecule is CC(=O)Oc1ccc2c(c1)C(=O)c1cc(O[C@H]3O[C@H](C)[C@@H](O)[C@@H](O)[C@H]3O)c(Cc3cccc(C(N)N)c3)c(O)c1C2=O. The van der Waals surface area contributed by atoms with E-state index in [-0.39, 0.29) is 45.7 Å². The van der Waals surface area contributed by atoms with E-state index in [9.17, 15) is 34.8 Å². The van der Waals surface area contributed by atoms with Gasteiger partial charge in [-0.15, -0.1) is 0 Å². The molecule has 1 aliphatic heterocycles. The number of aliphatic hydroxyl groups is 3. The molecule has 0 radical (unpaired) electrons. The minimum Gasteiger partial charge on any atom is -0.507 e. The Bertz CT molecular complexity index is 1590. The molecule has 3 aromatic carbocycles. The highest BCUT2D eigenvalue weighted by atomic mass is 16.7. The van der Waals surface area contributed by atoms with Crippen LogP contribution in [-0.2, 0) is 16.0 Å². The van der Waals surface area contributed by atoms with Gasteiger partial charge in [0.2, 0.25) is 6.29 Å². The average Bonchev–Trinajstić information content (AvgIpc) is 2.94. The molecule has 12 heteroatoms. The van der Waals surface area contributed by atoms with Gasteiger partial charge >= 0.3 is 5.97 Å². The highest BCUT2D eigenvalue weighted by molar-refractivity contribution is 6.29. The van der Waals surface area contributed by atoms with Gasteiger partial charge in [-0.25, -0.2) is 0 Å². The fourth-order valence-electron chi connectivity index (χ4n) is 5.14. The highest BCUT2D eigenvalue weighted by Gasteiger charge is 2.44. The van der Waals surface area contributed by atoms with Crippen LogP contribution in [0.4, 0.5) is 0 Å². The second kappa shape index (κ2) is 11.2. The number of carbonyl (C=O) groups is 3. The number of esters is 1. The lowest BCUT2D eigenvalue weighted by Crippen LogP contribution is -2.58. The van der Waals surface area contributed by atoms with E-state index in [1.165, 1.54) is 38.1 Å². The third-order valence-corrected chi connectivity index (χ3v) is 7.35. The highest BCUT2D eigenvalue weighted by Crippen LogP contribution is 2.42. The summed E-state index contributed by atoms with van der Waals surface area (Å²) >= 11 is 0. The second-order valence-electron chi connectivity index (χ2n) is 10.3. The molecule has 0 saturated carbocycles. The third kappa shape index (κ3) is 5.27. The first kappa shape index (κ1) is 29.3. The molecule has 1 heterocycles. The molecule has 1 fully saturated rings. The van der Waals surface area contributed by atoms with Crippen molar-refractivity contribution in [3.63, 3.8) is 0 Å². The molecule has 5 atom stereocenters. The number of aliphatic hydroxyl groups excluding tert-OH is 3. The number of fused-ring (bicyclic) bond motifs is 2. The lowest BCUT2D eigenvalue weighted by Gasteiger charge is -2.39. The van der Waals surface area contributed by atoms with Crippen LogP contribution in [0.3, 0.4) is 0 Å². The topological polar surface area (TPSA) is 212 Å². The van der Waals surface area contributed by atoms with Crippen molar-refractivity contribution in [2.45, 2.75) is 57.1 Å². The summed E-state index contributed by atoms with van der Waals surface area (Å²) in [6.07, 6.45) is -7.91. The molecule has 12 nitrogen and oxygen atoms in total. The first-order chi connectivity index (χ1) is 19.9. The van der Waals surface area contributed by atoms with Gasteiger partial charge in [-0.05, 0) is 42.3 Å². The Hall–Kier alpha value is -4.17. The summed E-state index contributed by atoms with van der Waals surface area (Å²) < 4.78 is 16.6. The molecule has 220 valence electrons. The summed E-state index contributed by atoms with van der Waals surface area (Å²) in [5.41, 5.74) is 12.5. The van der Waals surface area contributed by atoms with E-state index in [4.69, 9.17) is 25.7 Å². The molecule has 2 aliphatic rings. The molecule has 0 unspecified atom stereocenters. The number of rotatable bonds is 6. The molecule has 0 bridgehead atoms. The van der Waals surface area contributed by atoms with Crippen molar-refractivity contribution in [2.75, 3.05) is 0 Å². The van der Waals surface area contributed by atoms with E-state index in [1.807, 2.05) is 0 Å². The van der Waals surface area contributed by atoms with Crippen LogP contribution in [0, 0.1) is 0 Å². The van der Waals surface area contributed by atoms with Crippen LogP contribution in [0.1, 0.15) is 68.5 Å². The van der Waals surface area contributed by atoms with Crippen molar-refractivity contribution in [1.29, 1.82) is 0 Å². The van der Waals surface area contributed by atoms with Crippen molar-refractivity contribution in [1.82, 2.24) is 0 Å². The number of phenols is 1. The largest absolute Gasteiger partial charge is 0.507 e. The minimum atomic E-state index is -1.69. The molecule has 8 N–H and O–H groups in total. The summed E-state index contributed by atoms with van der Waals surface area (Å²) in [6, 6.07) is 12.1. The molecule has 5 rings (SSSR count). The quantitative estimate of drug-likeness (QED) is 0.107. The predicted molar refractivity (Wildman–Crippen MR) is 146 cm³/mol. The molecule has 0 aromatic heterocycles. The summed E-state index contributed by atoms with van der Waals surface area (Å²) in [4.78, 5) is 38.7. The van der Waals surface area contributed by atoms with Gasteiger partial charge in [-0.3, -0.25) is 14.4 Å². The molecule has 0 amide bonds. The number of hydrogen-bond donors (Lipinski definition) is 6. The molecule has 3 aromatic rings. The maximum absolute atomic E-state index is 13.6. The third-order valence-electron chi connectivity index (χ3n) is 7.35. The molecule has 42 heavy (non-hydrogen) atoms. The van der Waals surface area contributed by atoms with E-state index in [0.29, 0.717) is 11.1 Å². The maximum atomic E-state index is 13.6. The zero-order valence-corrected chi connectivity index (χ0v) is 22.7. The lowest BCUT2D eigenvalue weighted by atomic mass is 9.81. The Labute approximate surface area is 240 Å². The Morgan fingerprint density at radius 3 is 2.38 bits per heavy atom.